The molecule has 0 aliphatic rings. The van der Waals surface area contributed by atoms with Crippen LogP contribution in [0.2, 0.25) is 0 Å². The molecule has 0 aliphatic heterocycles. The van der Waals surface area contributed by atoms with Gasteiger partial charge in [-0.3, -0.25) is 4.79 Å². The number of nitrogens with one attached hydrogen (secondary N) is 1. The quantitative estimate of drug-likeness (QED) is 0.521. The number of amides is 1. The molecule has 1 N–H and O–H groups in total. The Labute approximate surface area is 78.3 Å². The van der Waals surface area contributed by atoms with Crippen LogP contribution >= 0.6 is 0 Å². The lowest BCUT2D eigenvalue weighted by molar-refractivity contribution is -0.125. The molecule has 78 valence electrons. The number of carbonyl (C=O) groups is 1. The second-order valence-corrected chi connectivity index (χ2v) is 2.33. The van der Waals surface area contributed by atoms with Gasteiger partial charge in [0.2, 0.25) is 5.91 Å². The molecule has 5 nitrogen and oxygen atoms in total. The molecule has 5 heteroatoms. The van der Waals surface area contributed by atoms with Crippen LogP contribution in [0.4, 0.5) is 0 Å². The van der Waals surface area contributed by atoms with Gasteiger partial charge in [0, 0.05) is 14.2 Å². The Morgan fingerprint density at radius 1 is 1.15 bits per heavy atom. The van der Waals surface area contributed by atoms with Gasteiger partial charge in [-0.25, -0.2) is 0 Å². The highest BCUT2D eigenvalue weighted by Gasteiger charge is 1.96. The summed E-state index contributed by atoms with van der Waals surface area (Å²) in [7, 11) is 3.19. The first-order valence-corrected chi connectivity index (χ1v) is 4.16. The molecule has 0 bridgehead atoms. The van der Waals surface area contributed by atoms with Gasteiger partial charge in [-0.05, 0) is 0 Å². The largest absolute Gasteiger partial charge is 0.382 e. The van der Waals surface area contributed by atoms with E-state index in [1.807, 2.05) is 0 Å². The first kappa shape index (κ1) is 12.3. The van der Waals surface area contributed by atoms with Gasteiger partial charge >= 0.3 is 0 Å². The zero-order chi connectivity index (χ0) is 9.94. The van der Waals surface area contributed by atoms with Crippen molar-refractivity contribution in [1.29, 1.82) is 0 Å². The Kier molecular flexibility index (Phi) is 8.97. The molecule has 0 unspecified atom stereocenters. The molecule has 13 heavy (non-hydrogen) atoms. The molecular formula is C8H17NO4. The van der Waals surface area contributed by atoms with Crippen LogP contribution in [0.25, 0.3) is 0 Å². The van der Waals surface area contributed by atoms with Crippen LogP contribution in [0.5, 0.6) is 0 Å². The molecule has 0 aromatic heterocycles. The third kappa shape index (κ3) is 9.26. The summed E-state index contributed by atoms with van der Waals surface area (Å²) in [6.07, 6.45) is 0. The minimum Gasteiger partial charge on any atom is -0.382 e. The molecule has 0 spiro atoms. The van der Waals surface area contributed by atoms with Crippen LogP contribution in [0.3, 0.4) is 0 Å². The van der Waals surface area contributed by atoms with E-state index in [-0.39, 0.29) is 12.5 Å². The summed E-state index contributed by atoms with van der Waals surface area (Å²) in [5.41, 5.74) is 0. The van der Waals surface area contributed by atoms with Crippen molar-refractivity contribution < 1.29 is 19.0 Å². The maximum Gasteiger partial charge on any atom is 0.245 e. The van der Waals surface area contributed by atoms with Gasteiger partial charge in [0.15, 0.2) is 0 Å². The number of hydrogen-bond acceptors (Lipinski definition) is 4. The summed E-state index contributed by atoms with van der Waals surface area (Å²) in [5.74, 6) is -0.128. The van der Waals surface area contributed by atoms with E-state index in [9.17, 15) is 4.79 Å². The second-order valence-electron chi connectivity index (χ2n) is 2.33. The van der Waals surface area contributed by atoms with E-state index in [4.69, 9.17) is 14.2 Å². The predicted octanol–water partition coefficient (Wildman–Crippen LogP) is -0.588. The van der Waals surface area contributed by atoms with E-state index >= 15 is 0 Å². The molecule has 0 aromatic carbocycles. The van der Waals surface area contributed by atoms with Gasteiger partial charge in [0.1, 0.15) is 6.61 Å². The highest BCUT2D eigenvalue weighted by molar-refractivity contribution is 5.76. The van der Waals surface area contributed by atoms with Crippen molar-refractivity contribution in [3.63, 3.8) is 0 Å². The zero-order valence-electron chi connectivity index (χ0n) is 8.17. The number of rotatable bonds is 8. The first-order chi connectivity index (χ1) is 6.31. The van der Waals surface area contributed by atoms with Crippen LogP contribution in [-0.4, -0.2) is 53.1 Å². The average molecular weight is 191 g/mol. The van der Waals surface area contributed by atoms with Crippen LogP contribution in [0.1, 0.15) is 0 Å². The SMILES string of the molecule is CNC(=O)COCCOCCOC. The van der Waals surface area contributed by atoms with Gasteiger partial charge < -0.3 is 19.5 Å². The summed E-state index contributed by atoms with van der Waals surface area (Å²) < 4.78 is 14.9. The predicted molar refractivity (Wildman–Crippen MR) is 47.6 cm³/mol. The van der Waals surface area contributed by atoms with E-state index in [1.54, 1.807) is 14.2 Å². The minimum absolute atomic E-state index is 0.0874. The molecule has 1 amide bonds. The van der Waals surface area contributed by atoms with Crippen molar-refractivity contribution in [2.75, 3.05) is 47.2 Å². The van der Waals surface area contributed by atoms with Crippen LogP contribution in [-0.2, 0) is 19.0 Å². The van der Waals surface area contributed by atoms with Gasteiger partial charge in [0.25, 0.3) is 0 Å². The monoisotopic (exact) mass is 191 g/mol. The zero-order valence-corrected chi connectivity index (χ0v) is 8.17. The Morgan fingerprint density at radius 2 is 1.77 bits per heavy atom. The lowest BCUT2D eigenvalue weighted by Crippen LogP contribution is -2.24. The molecule has 0 fully saturated rings. The smallest absolute Gasteiger partial charge is 0.245 e. The van der Waals surface area contributed by atoms with E-state index in [2.05, 4.69) is 5.32 Å². The van der Waals surface area contributed by atoms with E-state index in [0.29, 0.717) is 26.4 Å². The minimum atomic E-state index is -0.128. The fourth-order valence-electron chi connectivity index (χ4n) is 0.599. The molecule has 0 rings (SSSR count). The maximum atomic E-state index is 10.7. The lowest BCUT2D eigenvalue weighted by Gasteiger charge is -2.04. The third-order valence-corrected chi connectivity index (χ3v) is 1.32. The third-order valence-electron chi connectivity index (χ3n) is 1.32. The highest BCUT2D eigenvalue weighted by Crippen LogP contribution is 1.79. The molecule has 0 saturated heterocycles. The van der Waals surface area contributed by atoms with Crippen molar-refractivity contribution in [2.24, 2.45) is 0 Å². The second kappa shape index (κ2) is 9.44. The number of ether oxygens (including phenoxy) is 3. The number of hydrogen-bond donors (Lipinski definition) is 1. The normalized spacial score (nSPS) is 10.0. The molecule has 0 aromatic rings. The highest BCUT2D eigenvalue weighted by atomic mass is 16.5. The molecule has 0 atom stereocenters. The summed E-state index contributed by atoms with van der Waals surface area (Å²) >= 11 is 0. The van der Waals surface area contributed by atoms with Gasteiger partial charge in [0.05, 0.1) is 26.4 Å². The summed E-state index contributed by atoms with van der Waals surface area (Å²) in [6.45, 7) is 2.14. The molecule has 0 heterocycles. The van der Waals surface area contributed by atoms with Crippen molar-refractivity contribution >= 4 is 5.91 Å². The van der Waals surface area contributed by atoms with Crippen molar-refractivity contribution in [3.8, 4) is 0 Å². The van der Waals surface area contributed by atoms with Gasteiger partial charge in [-0.15, -0.1) is 0 Å². The van der Waals surface area contributed by atoms with Crippen molar-refractivity contribution in [1.82, 2.24) is 5.32 Å². The van der Waals surface area contributed by atoms with Crippen LogP contribution < -0.4 is 5.32 Å². The number of carbonyl (C=O) groups excluding carboxylic acids is 1. The molecular weight excluding hydrogens is 174 g/mol. The Morgan fingerprint density at radius 3 is 2.38 bits per heavy atom. The molecule has 0 saturated carbocycles. The first-order valence-electron chi connectivity index (χ1n) is 4.16. The molecule has 0 radical (unpaired) electrons. The Bertz CT molecular complexity index is 129. The number of methoxy groups -OCH3 is 1. The summed E-state index contributed by atoms with van der Waals surface area (Å²) in [4.78, 5) is 10.7. The summed E-state index contributed by atoms with van der Waals surface area (Å²) in [5, 5.41) is 2.45. The van der Waals surface area contributed by atoms with Gasteiger partial charge in [-0.1, -0.05) is 0 Å². The molecule has 0 aliphatic carbocycles. The van der Waals surface area contributed by atoms with E-state index < -0.39 is 0 Å². The van der Waals surface area contributed by atoms with E-state index in [0.717, 1.165) is 0 Å². The fraction of sp³-hybridized carbons (Fsp3) is 0.875. The number of likely N-dealkylation sites (N-methyl/N-ethyl adjacent to an activating group) is 1. The Hall–Kier alpha value is -0.650. The Balaban J connectivity index is 2.95. The summed E-state index contributed by atoms with van der Waals surface area (Å²) in [6, 6.07) is 0. The average Bonchev–Trinajstić information content (AvgIpc) is 2.16. The topological polar surface area (TPSA) is 56.8 Å². The van der Waals surface area contributed by atoms with Crippen molar-refractivity contribution in [3.05, 3.63) is 0 Å². The maximum absolute atomic E-state index is 10.7. The van der Waals surface area contributed by atoms with Gasteiger partial charge in [-0.2, -0.15) is 0 Å². The standard InChI is InChI=1S/C8H17NO4/c1-9-8(10)7-13-6-5-12-4-3-11-2/h3-7H2,1-2H3,(H,9,10). The lowest BCUT2D eigenvalue weighted by atomic mass is 10.6. The van der Waals surface area contributed by atoms with Crippen LogP contribution in [0.15, 0.2) is 0 Å². The van der Waals surface area contributed by atoms with E-state index in [1.165, 1.54) is 0 Å². The fourth-order valence-corrected chi connectivity index (χ4v) is 0.599. The van der Waals surface area contributed by atoms with Crippen molar-refractivity contribution in [2.45, 2.75) is 0 Å². The van der Waals surface area contributed by atoms with Crippen LogP contribution in [0, 0.1) is 0 Å².